The van der Waals surface area contributed by atoms with Crippen molar-refractivity contribution in [3.05, 3.63) is 20.8 Å². The van der Waals surface area contributed by atoms with Gasteiger partial charge in [-0.2, -0.15) is 0 Å². The number of piperidine rings is 1. The van der Waals surface area contributed by atoms with Gasteiger partial charge in [0.1, 0.15) is 0 Å². The lowest BCUT2D eigenvalue weighted by Gasteiger charge is -2.36. The van der Waals surface area contributed by atoms with Crippen LogP contribution in [0.25, 0.3) is 0 Å². The molecule has 1 aliphatic rings. The number of nitrogens with one attached hydrogen (secondary N) is 1. The van der Waals surface area contributed by atoms with Gasteiger partial charge in [-0.25, -0.2) is 0 Å². The lowest BCUT2D eigenvalue weighted by Crippen LogP contribution is -2.42. The normalized spacial score (nSPS) is 19.2. The highest BCUT2D eigenvalue weighted by molar-refractivity contribution is 9.10. The van der Waals surface area contributed by atoms with E-state index in [2.05, 4.69) is 28.2 Å². The van der Waals surface area contributed by atoms with Crippen LogP contribution in [-0.4, -0.2) is 18.9 Å². The van der Waals surface area contributed by atoms with Gasteiger partial charge in [-0.1, -0.05) is 13.3 Å². The molecule has 0 saturated carbocycles. The summed E-state index contributed by atoms with van der Waals surface area (Å²) >= 11 is 5.04. The number of thiophene rings is 1. The number of halogens is 1. The summed E-state index contributed by atoms with van der Waals surface area (Å²) in [5, 5.41) is 5.34. The van der Waals surface area contributed by atoms with E-state index in [4.69, 9.17) is 0 Å². The smallest absolute Gasteiger partial charge is 0.180 e. The molecular formula is C13H18BrNOS. The van der Waals surface area contributed by atoms with Gasteiger partial charge in [-0.3, -0.25) is 4.79 Å². The summed E-state index contributed by atoms with van der Waals surface area (Å²) in [6, 6.07) is 1.97. The van der Waals surface area contributed by atoms with Gasteiger partial charge >= 0.3 is 0 Å². The molecule has 94 valence electrons. The predicted molar refractivity (Wildman–Crippen MR) is 75.8 cm³/mol. The van der Waals surface area contributed by atoms with Gasteiger partial charge in [0.2, 0.25) is 0 Å². The summed E-state index contributed by atoms with van der Waals surface area (Å²) in [4.78, 5) is 13.6. The maximum Gasteiger partial charge on any atom is 0.180 e. The zero-order valence-corrected chi connectivity index (χ0v) is 12.5. The largest absolute Gasteiger partial charge is 0.317 e. The summed E-state index contributed by atoms with van der Waals surface area (Å²) in [6.45, 7) is 4.10. The molecule has 1 aromatic heterocycles. The lowest BCUT2D eigenvalue weighted by atomic mass is 9.71. The third-order valence-corrected chi connectivity index (χ3v) is 5.43. The SMILES string of the molecule is CCCC1(C(=O)c2sccc2Br)CCNCC1. The van der Waals surface area contributed by atoms with E-state index in [1.165, 1.54) is 0 Å². The second-order valence-electron chi connectivity index (χ2n) is 4.71. The highest BCUT2D eigenvalue weighted by Crippen LogP contribution is 2.40. The molecule has 4 heteroatoms. The number of rotatable bonds is 4. The average Bonchev–Trinajstić information content (AvgIpc) is 2.76. The summed E-state index contributed by atoms with van der Waals surface area (Å²) in [6.07, 6.45) is 4.04. The van der Waals surface area contributed by atoms with Gasteiger partial charge in [0.05, 0.1) is 4.88 Å². The number of carbonyl (C=O) groups excluding carboxylic acids is 1. The lowest BCUT2D eigenvalue weighted by molar-refractivity contribution is 0.0708. The second-order valence-corrected chi connectivity index (χ2v) is 6.48. The maximum atomic E-state index is 12.7. The Labute approximate surface area is 115 Å². The van der Waals surface area contributed by atoms with E-state index in [0.29, 0.717) is 5.78 Å². The molecule has 0 bridgehead atoms. The molecule has 0 amide bonds. The molecule has 0 aliphatic carbocycles. The van der Waals surface area contributed by atoms with E-state index in [9.17, 15) is 4.79 Å². The quantitative estimate of drug-likeness (QED) is 0.855. The Morgan fingerprint density at radius 1 is 1.53 bits per heavy atom. The highest BCUT2D eigenvalue weighted by Gasteiger charge is 2.39. The van der Waals surface area contributed by atoms with Crippen LogP contribution in [0, 0.1) is 5.41 Å². The molecule has 0 radical (unpaired) electrons. The number of ketones is 1. The summed E-state index contributed by atoms with van der Waals surface area (Å²) < 4.78 is 0.960. The van der Waals surface area contributed by atoms with Crippen molar-refractivity contribution in [1.29, 1.82) is 0 Å². The van der Waals surface area contributed by atoms with Crippen LogP contribution in [0.15, 0.2) is 15.9 Å². The van der Waals surface area contributed by atoms with Crippen LogP contribution < -0.4 is 5.32 Å². The summed E-state index contributed by atoms with van der Waals surface area (Å²) in [5.41, 5.74) is -0.118. The van der Waals surface area contributed by atoms with Gasteiger partial charge in [-0.15, -0.1) is 11.3 Å². The minimum atomic E-state index is -0.118. The highest BCUT2D eigenvalue weighted by atomic mass is 79.9. The van der Waals surface area contributed by atoms with Crippen LogP contribution in [-0.2, 0) is 0 Å². The first-order valence-corrected chi connectivity index (χ1v) is 7.85. The molecule has 2 heterocycles. The van der Waals surface area contributed by atoms with Gasteiger partial charge in [0.15, 0.2) is 5.78 Å². The Balaban J connectivity index is 2.27. The van der Waals surface area contributed by atoms with E-state index < -0.39 is 0 Å². The number of Topliss-reactive ketones (excluding diaryl/α,β-unsaturated/α-hetero) is 1. The van der Waals surface area contributed by atoms with E-state index in [1.807, 2.05) is 11.4 Å². The zero-order chi connectivity index (χ0) is 12.3. The van der Waals surface area contributed by atoms with Crippen molar-refractivity contribution in [1.82, 2.24) is 5.32 Å². The standard InChI is InChI=1S/C13H18BrNOS/c1-2-4-13(5-7-15-8-6-13)12(16)11-10(14)3-9-17-11/h3,9,15H,2,4-8H2,1H3. The fraction of sp³-hybridized carbons (Fsp3) is 0.615. The fourth-order valence-electron chi connectivity index (χ4n) is 2.67. The first-order chi connectivity index (χ1) is 8.19. The van der Waals surface area contributed by atoms with Crippen LogP contribution >= 0.6 is 27.3 Å². The van der Waals surface area contributed by atoms with Crippen molar-refractivity contribution in [2.24, 2.45) is 5.41 Å². The van der Waals surface area contributed by atoms with Crippen molar-refractivity contribution in [2.45, 2.75) is 32.6 Å². The van der Waals surface area contributed by atoms with E-state index in [0.717, 1.165) is 48.1 Å². The minimum Gasteiger partial charge on any atom is -0.317 e. The molecule has 17 heavy (non-hydrogen) atoms. The molecule has 0 atom stereocenters. The van der Waals surface area contributed by atoms with Crippen molar-refractivity contribution >= 4 is 33.0 Å². The topological polar surface area (TPSA) is 29.1 Å². The van der Waals surface area contributed by atoms with Crippen molar-refractivity contribution in [2.75, 3.05) is 13.1 Å². The number of carbonyl (C=O) groups is 1. The van der Waals surface area contributed by atoms with Gasteiger partial charge in [0, 0.05) is 9.89 Å². The third-order valence-electron chi connectivity index (χ3n) is 3.59. The van der Waals surface area contributed by atoms with Crippen molar-refractivity contribution < 1.29 is 4.79 Å². The van der Waals surface area contributed by atoms with Crippen LogP contribution in [0.2, 0.25) is 0 Å². The van der Waals surface area contributed by atoms with Crippen LogP contribution in [0.1, 0.15) is 42.3 Å². The van der Waals surface area contributed by atoms with Crippen LogP contribution in [0.5, 0.6) is 0 Å². The Hall–Kier alpha value is -0.190. The molecule has 0 spiro atoms. The summed E-state index contributed by atoms with van der Waals surface area (Å²) in [5.74, 6) is 0.350. The van der Waals surface area contributed by atoms with E-state index in [-0.39, 0.29) is 5.41 Å². The number of hydrogen-bond donors (Lipinski definition) is 1. The molecule has 0 aromatic carbocycles. The Morgan fingerprint density at radius 3 is 2.76 bits per heavy atom. The molecule has 2 nitrogen and oxygen atoms in total. The average molecular weight is 316 g/mol. The number of hydrogen-bond acceptors (Lipinski definition) is 3. The summed E-state index contributed by atoms with van der Waals surface area (Å²) in [7, 11) is 0. The predicted octanol–water partition coefficient (Wildman–Crippen LogP) is 3.86. The second kappa shape index (κ2) is 5.63. The maximum absolute atomic E-state index is 12.7. The van der Waals surface area contributed by atoms with Crippen molar-refractivity contribution in [3.63, 3.8) is 0 Å². The van der Waals surface area contributed by atoms with Crippen LogP contribution in [0.4, 0.5) is 0 Å². The fourth-order valence-corrected chi connectivity index (χ4v) is 4.28. The first-order valence-electron chi connectivity index (χ1n) is 6.18. The molecule has 1 aromatic rings. The van der Waals surface area contributed by atoms with Gasteiger partial charge < -0.3 is 5.32 Å². The van der Waals surface area contributed by atoms with Crippen molar-refractivity contribution in [3.8, 4) is 0 Å². The molecule has 1 fully saturated rings. The molecule has 0 unspecified atom stereocenters. The third kappa shape index (κ3) is 2.64. The van der Waals surface area contributed by atoms with Gasteiger partial charge in [0.25, 0.3) is 0 Å². The van der Waals surface area contributed by atoms with E-state index >= 15 is 0 Å². The molecule has 1 N–H and O–H groups in total. The van der Waals surface area contributed by atoms with Gasteiger partial charge in [-0.05, 0) is 59.7 Å². The molecule has 2 rings (SSSR count). The van der Waals surface area contributed by atoms with E-state index in [1.54, 1.807) is 11.3 Å². The molecule has 1 aliphatic heterocycles. The minimum absolute atomic E-state index is 0.118. The molecular weight excluding hydrogens is 298 g/mol. The first kappa shape index (κ1) is 13.2. The monoisotopic (exact) mass is 315 g/mol. The Morgan fingerprint density at radius 2 is 2.24 bits per heavy atom. The zero-order valence-electron chi connectivity index (χ0n) is 10.1. The van der Waals surface area contributed by atoms with Crippen LogP contribution in [0.3, 0.4) is 0 Å². The Kier molecular flexibility index (Phi) is 4.39. The molecule has 1 saturated heterocycles. The Bertz CT molecular complexity index is 390.